The van der Waals surface area contributed by atoms with Crippen molar-refractivity contribution in [3.8, 4) is 0 Å². The Morgan fingerprint density at radius 3 is 2.31 bits per heavy atom. The van der Waals surface area contributed by atoms with Crippen molar-refractivity contribution in [1.82, 2.24) is 5.32 Å². The Kier molecular flexibility index (Phi) is 3.42. The van der Waals surface area contributed by atoms with Crippen molar-refractivity contribution < 1.29 is 0 Å². The highest BCUT2D eigenvalue weighted by atomic mass is 32.1. The van der Waals surface area contributed by atoms with E-state index in [1.54, 1.807) is 0 Å². The monoisotopic (exact) mass is 231 g/mol. The molecule has 1 nitrogen and oxygen atoms in total. The topological polar surface area (TPSA) is 12.0 Å². The van der Waals surface area contributed by atoms with E-state index in [9.17, 15) is 0 Å². The molecule has 1 aromatic carbocycles. The molecule has 0 amide bonds. The lowest BCUT2D eigenvalue weighted by atomic mass is 10.1. The van der Waals surface area contributed by atoms with Gasteiger partial charge in [0.05, 0.1) is 6.04 Å². The van der Waals surface area contributed by atoms with Crippen LogP contribution in [0.2, 0.25) is 0 Å². The molecule has 1 unspecified atom stereocenters. The molecule has 0 saturated heterocycles. The molecule has 0 radical (unpaired) electrons. The molecule has 0 spiro atoms. The first-order chi connectivity index (χ1) is 7.72. The number of thiophene rings is 1. The summed E-state index contributed by atoms with van der Waals surface area (Å²) in [5.74, 6) is 0. The summed E-state index contributed by atoms with van der Waals surface area (Å²) in [5, 5.41) is 3.39. The molecular formula is C14H17NS. The molecule has 0 aliphatic carbocycles. The van der Waals surface area contributed by atoms with Crippen molar-refractivity contribution in [2.75, 3.05) is 7.05 Å². The number of rotatable bonds is 3. The van der Waals surface area contributed by atoms with Gasteiger partial charge < -0.3 is 5.32 Å². The standard InChI is InChI=1S/C14H17NS/c1-10-9-13(16-11(10)2)14(15-3)12-7-5-4-6-8-12/h4-9,14-15H,1-3H3. The second-order valence-electron chi connectivity index (χ2n) is 4.02. The first-order valence-corrected chi connectivity index (χ1v) is 6.33. The Bertz CT molecular complexity index is 439. The van der Waals surface area contributed by atoms with Crippen LogP contribution in [-0.2, 0) is 0 Å². The fraction of sp³-hybridized carbons (Fsp3) is 0.286. The summed E-state index contributed by atoms with van der Waals surface area (Å²) in [4.78, 5) is 2.80. The zero-order valence-corrected chi connectivity index (χ0v) is 10.8. The van der Waals surface area contributed by atoms with Gasteiger partial charge in [-0.05, 0) is 38.1 Å². The lowest BCUT2D eigenvalue weighted by Crippen LogP contribution is -2.16. The van der Waals surface area contributed by atoms with Gasteiger partial charge in [-0.15, -0.1) is 11.3 Å². The largest absolute Gasteiger partial charge is 0.309 e. The molecule has 84 valence electrons. The van der Waals surface area contributed by atoms with E-state index in [0.717, 1.165) is 0 Å². The van der Waals surface area contributed by atoms with Crippen molar-refractivity contribution in [3.63, 3.8) is 0 Å². The Morgan fingerprint density at radius 2 is 1.81 bits per heavy atom. The van der Waals surface area contributed by atoms with Gasteiger partial charge in [-0.25, -0.2) is 0 Å². The highest BCUT2D eigenvalue weighted by Gasteiger charge is 2.14. The predicted molar refractivity (Wildman–Crippen MR) is 71.1 cm³/mol. The van der Waals surface area contributed by atoms with E-state index in [1.165, 1.54) is 20.9 Å². The van der Waals surface area contributed by atoms with E-state index in [0.29, 0.717) is 6.04 Å². The highest BCUT2D eigenvalue weighted by molar-refractivity contribution is 7.12. The van der Waals surface area contributed by atoms with Crippen LogP contribution in [0, 0.1) is 13.8 Å². The number of benzene rings is 1. The molecule has 1 N–H and O–H groups in total. The molecule has 0 aliphatic heterocycles. The number of hydrogen-bond donors (Lipinski definition) is 1. The van der Waals surface area contributed by atoms with Crippen LogP contribution in [0.1, 0.15) is 26.9 Å². The smallest absolute Gasteiger partial charge is 0.0668 e. The van der Waals surface area contributed by atoms with E-state index in [2.05, 4.69) is 55.6 Å². The van der Waals surface area contributed by atoms with Crippen molar-refractivity contribution in [3.05, 3.63) is 57.3 Å². The average Bonchev–Trinajstić information content (AvgIpc) is 2.61. The van der Waals surface area contributed by atoms with E-state index < -0.39 is 0 Å². The van der Waals surface area contributed by atoms with Gasteiger partial charge in [0.1, 0.15) is 0 Å². The third-order valence-electron chi connectivity index (χ3n) is 2.89. The Morgan fingerprint density at radius 1 is 1.12 bits per heavy atom. The Balaban J connectivity index is 2.37. The van der Waals surface area contributed by atoms with Gasteiger partial charge in [0.15, 0.2) is 0 Å². The van der Waals surface area contributed by atoms with Crippen LogP contribution in [0.4, 0.5) is 0 Å². The van der Waals surface area contributed by atoms with E-state index >= 15 is 0 Å². The lowest BCUT2D eigenvalue weighted by Gasteiger charge is -2.14. The van der Waals surface area contributed by atoms with Crippen LogP contribution in [0.3, 0.4) is 0 Å². The first kappa shape index (κ1) is 11.4. The second-order valence-corrected chi connectivity index (χ2v) is 5.31. The summed E-state index contributed by atoms with van der Waals surface area (Å²) < 4.78 is 0. The quantitative estimate of drug-likeness (QED) is 0.850. The molecule has 1 atom stereocenters. The lowest BCUT2D eigenvalue weighted by molar-refractivity contribution is 0.703. The van der Waals surface area contributed by atoms with Crippen molar-refractivity contribution >= 4 is 11.3 Å². The average molecular weight is 231 g/mol. The maximum absolute atomic E-state index is 3.39. The summed E-state index contributed by atoms with van der Waals surface area (Å²) in [5.41, 5.74) is 2.71. The molecule has 2 aromatic rings. The summed E-state index contributed by atoms with van der Waals surface area (Å²) in [6.45, 7) is 4.36. The maximum atomic E-state index is 3.39. The second kappa shape index (κ2) is 4.81. The molecule has 16 heavy (non-hydrogen) atoms. The molecule has 2 rings (SSSR count). The minimum Gasteiger partial charge on any atom is -0.309 e. The van der Waals surface area contributed by atoms with E-state index in [-0.39, 0.29) is 0 Å². The minimum absolute atomic E-state index is 0.318. The van der Waals surface area contributed by atoms with Gasteiger partial charge in [0.25, 0.3) is 0 Å². The molecule has 1 heterocycles. The van der Waals surface area contributed by atoms with E-state index in [1.807, 2.05) is 18.4 Å². The minimum atomic E-state index is 0.318. The zero-order valence-electron chi connectivity index (χ0n) is 9.95. The zero-order chi connectivity index (χ0) is 11.5. The van der Waals surface area contributed by atoms with Gasteiger partial charge >= 0.3 is 0 Å². The van der Waals surface area contributed by atoms with Crippen LogP contribution in [0.5, 0.6) is 0 Å². The van der Waals surface area contributed by atoms with Gasteiger partial charge in [-0.1, -0.05) is 30.3 Å². The van der Waals surface area contributed by atoms with Crippen LogP contribution in [0.25, 0.3) is 0 Å². The summed E-state index contributed by atoms with van der Waals surface area (Å²) in [6, 6.07) is 13.2. The fourth-order valence-electron chi connectivity index (χ4n) is 1.86. The fourth-order valence-corrected chi connectivity index (χ4v) is 3.04. The molecular weight excluding hydrogens is 214 g/mol. The van der Waals surface area contributed by atoms with Crippen molar-refractivity contribution in [2.45, 2.75) is 19.9 Å². The molecule has 2 heteroatoms. The van der Waals surface area contributed by atoms with Crippen molar-refractivity contribution in [1.29, 1.82) is 0 Å². The van der Waals surface area contributed by atoms with Crippen molar-refractivity contribution in [2.24, 2.45) is 0 Å². The SMILES string of the molecule is CNC(c1ccccc1)c1cc(C)c(C)s1. The summed E-state index contributed by atoms with van der Waals surface area (Å²) in [6.07, 6.45) is 0. The van der Waals surface area contributed by atoms with Gasteiger partial charge in [0.2, 0.25) is 0 Å². The number of aryl methyl sites for hydroxylation is 2. The van der Waals surface area contributed by atoms with Gasteiger partial charge in [-0.3, -0.25) is 0 Å². The normalized spacial score (nSPS) is 12.7. The Hall–Kier alpha value is -1.12. The van der Waals surface area contributed by atoms with Crippen LogP contribution < -0.4 is 5.32 Å². The predicted octanol–water partition coefficient (Wildman–Crippen LogP) is 3.67. The molecule has 1 aromatic heterocycles. The van der Waals surface area contributed by atoms with E-state index in [4.69, 9.17) is 0 Å². The third kappa shape index (κ3) is 2.18. The highest BCUT2D eigenvalue weighted by Crippen LogP contribution is 2.30. The van der Waals surface area contributed by atoms with Gasteiger partial charge in [-0.2, -0.15) is 0 Å². The van der Waals surface area contributed by atoms with Crippen LogP contribution >= 0.6 is 11.3 Å². The first-order valence-electron chi connectivity index (χ1n) is 5.51. The molecule has 0 fully saturated rings. The van der Waals surface area contributed by atoms with Crippen LogP contribution in [-0.4, -0.2) is 7.05 Å². The molecule has 0 saturated carbocycles. The maximum Gasteiger partial charge on any atom is 0.0668 e. The molecule has 0 bridgehead atoms. The third-order valence-corrected chi connectivity index (χ3v) is 4.11. The molecule has 0 aliphatic rings. The van der Waals surface area contributed by atoms with Crippen LogP contribution in [0.15, 0.2) is 36.4 Å². The van der Waals surface area contributed by atoms with Gasteiger partial charge in [0, 0.05) is 9.75 Å². The Labute approximate surface area is 101 Å². The summed E-state index contributed by atoms with van der Waals surface area (Å²) >= 11 is 1.88. The summed E-state index contributed by atoms with van der Waals surface area (Å²) in [7, 11) is 2.02. The number of hydrogen-bond acceptors (Lipinski definition) is 2. The number of nitrogens with one attached hydrogen (secondary N) is 1.